The van der Waals surface area contributed by atoms with Crippen molar-refractivity contribution in [1.29, 1.82) is 0 Å². The lowest BCUT2D eigenvalue weighted by atomic mass is 10.1. The van der Waals surface area contributed by atoms with Gasteiger partial charge in [-0.05, 0) is 6.42 Å². The van der Waals surface area contributed by atoms with E-state index in [0.29, 0.717) is 6.42 Å². The summed E-state index contributed by atoms with van der Waals surface area (Å²) >= 11 is 0. The van der Waals surface area contributed by atoms with E-state index in [1.165, 1.54) is 0 Å². The summed E-state index contributed by atoms with van der Waals surface area (Å²) < 4.78 is 24.6. The summed E-state index contributed by atoms with van der Waals surface area (Å²) in [6.45, 7) is -0.257. The Bertz CT molecular complexity index is 239. The number of nitrogens with one attached hydrogen (secondary N) is 1. The van der Waals surface area contributed by atoms with Gasteiger partial charge >= 0.3 is 0 Å². The van der Waals surface area contributed by atoms with Crippen molar-refractivity contribution in [2.24, 2.45) is 0 Å². The highest BCUT2D eigenvalue weighted by atomic mass is 32.2. The number of hydrogen-bond donors (Lipinski definition) is 4. The standard InChI is InChI=1S/C7H17NO5S/c1-2-3-14(12,13)8-7(4-9,5-10)6-11/h8-11H,2-6H2,1H3. The van der Waals surface area contributed by atoms with Gasteiger partial charge in [0.1, 0.15) is 5.54 Å². The van der Waals surface area contributed by atoms with E-state index in [1.807, 2.05) is 0 Å². The molecule has 6 nitrogen and oxygen atoms in total. The molecule has 0 fully saturated rings. The topological polar surface area (TPSA) is 107 Å². The lowest BCUT2D eigenvalue weighted by molar-refractivity contribution is 0.0582. The molecule has 0 spiro atoms. The maximum Gasteiger partial charge on any atom is 0.212 e. The van der Waals surface area contributed by atoms with Gasteiger partial charge in [-0.1, -0.05) is 6.92 Å². The van der Waals surface area contributed by atoms with E-state index in [9.17, 15) is 8.42 Å². The van der Waals surface area contributed by atoms with Crippen LogP contribution in [0.15, 0.2) is 0 Å². The molecule has 0 aliphatic heterocycles. The molecular weight excluding hydrogens is 210 g/mol. The van der Waals surface area contributed by atoms with Gasteiger partial charge in [0.05, 0.1) is 25.6 Å². The molecule has 0 unspecified atom stereocenters. The van der Waals surface area contributed by atoms with E-state index in [2.05, 4.69) is 4.72 Å². The fourth-order valence-electron chi connectivity index (χ4n) is 0.896. The third-order valence-corrected chi connectivity index (χ3v) is 3.44. The van der Waals surface area contributed by atoms with Crippen LogP contribution in [0.2, 0.25) is 0 Å². The molecular formula is C7H17NO5S. The van der Waals surface area contributed by atoms with Crippen LogP contribution < -0.4 is 4.72 Å². The molecule has 0 saturated carbocycles. The molecule has 0 bridgehead atoms. The van der Waals surface area contributed by atoms with Crippen molar-refractivity contribution in [3.8, 4) is 0 Å². The van der Waals surface area contributed by atoms with E-state index in [-0.39, 0.29) is 5.75 Å². The van der Waals surface area contributed by atoms with Crippen molar-refractivity contribution in [2.75, 3.05) is 25.6 Å². The van der Waals surface area contributed by atoms with Gasteiger partial charge in [0, 0.05) is 0 Å². The minimum absolute atomic E-state index is 0.102. The second-order valence-corrected chi connectivity index (χ2v) is 5.02. The highest BCUT2D eigenvalue weighted by molar-refractivity contribution is 7.89. The first-order valence-corrected chi connectivity index (χ1v) is 5.94. The Hall–Kier alpha value is -0.210. The van der Waals surface area contributed by atoms with E-state index in [4.69, 9.17) is 15.3 Å². The van der Waals surface area contributed by atoms with Crippen molar-refractivity contribution in [2.45, 2.75) is 18.9 Å². The smallest absolute Gasteiger partial charge is 0.212 e. The van der Waals surface area contributed by atoms with Crippen LogP contribution in [0.1, 0.15) is 13.3 Å². The van der Waals surface area contributed by atoms with Gasteiger partial charge in [-0.25, -0.2) is 13.1 Å². The highest BCUT2D eigenvalue weighted by Gasteiger charge is 2.32. The minimum Gasteiger partial charge on any atom is -0.394 e. The van der Waals surface area contributed by atoms with Gasteiger partial charge in [0.15, 0.2) is 0 Å². The molecule has 0 aromatic carbocycles. The molecule has 86 valence electrons. The fraction of sp³-hybridized carbons (Fsp3) is 1.00. The highest BCUT2D eigenvalue weighted by Crippen LogP contribution is 2.05. The molecule has 0 atom stereocenters. The third kappa shape index (κ3) is 3.89. The van der Waals surface area contributed by atoms with Crippen LogP contribution in [-0.2, 0) is 10.0 Å². The first-order chi connectivity index (χ1) is 6.45. The maximum absolute atomic E-state index is 11.3. The first kappa shape index (κ1) is 13.8. The van der Waals surface area contributed by atoms with Gasteiger partial charge in [-0.3, -0.25) is 0 Å². The van der Waals surface area contributed by atoms with Crippen LogP contribution in [-0.4, -0.2) is 54.8 Å². The Labute approximate surface area is 83.6 Å². The molecule has 14 heavy (non-hydrogen) atoms. The number of aliphatic hydroxyl groups is 3. The average molecular weight is 227 g/mol. The lowest BCUT2D eigenvalue weighted by Crippen LogP contribution is -2.57. The number of sulfonamides is 1. The Kier molecular flexibility index (Phi) is 5.53. The zero-order valence-corrected chi connectivity index (χ0v) is 8.92. The quantitative estimate of drug-likeness (QED) is 0.404. The number of rotatable bonds is 7. The Balaban J connectivity index is 4.59. The van der Waals surface area contributed by atoms with Crippen molar-refractivity contribution in [3.63, 3.8) is 0 Å². The predicted molar refractivity (Wildman–Crippen MR) is 51.2 cm³/mol. The molecule has 0 radical (unpaired) electrons. The van der Waals surface area contributed by atoms with E-state index in [1.54, 1.807) is 6.92 Å². The largest absolute Gasteiger partial charge is 0.394 e. The summed E-state index contributed by atoms with van der Waals surface area (Å²) in [7, 11) is -3.56. The molecule has 0 aliphatic rings. The van der Waals surface area contributed by atoms with E-state index >= 15 is 0 Å². The minimum atomic E-state index is -3.56. The average Bonchev–Trinajstić information content (AvgIpc) is 2.14. The summed E-state index contributed by atoms with van der Waals surface area (Å²) in [6, 6.07) is 0. The molecule has 0 heterocycles. The van der Waals surface area contributed by atoms with Crippen molar-refractivity contribution >= 4 is 10.0 Å². The second kappa shape index (κ2) is 5.62. The molecule has 0 aliphatic carbocycles. The Morgan fingerprint density at radius 3 is 1.86 bits per heavy atom. The molecule has 0 rings (SSSR count). The number of aliphatic hydroxyl groups excluding tert-OH is 3. The third-order valence-electron chi connectivity index (χ3n) is 1.75. The number of hydrogen-bond acceptors (Lipinski definition) is 5. The van der Waals surface area contributed by atoms with Crippen LogP contribution >= 0.6 is 0 Å². The van der Waals surface area contributed by atoms with Crippen molar-refractivity contribution in [3.05, 3.63) is 0 Å². The molecule has 7 heteroatoms. The van der Waals surface area contributed by atoms with Crippen molar-refractivity contribution < 1.29 is 23.7 Å². The van der Waals surface area contributed by atoms with Gasteiger partial charge in [0.25, 0.3) is 0 Å². The molecule has 4 N–H and O–H groups in total. The SMILES string of the molecule is CCCS(=O)(=O)NC(CO)(CO)CO. The first-order valence-electron chi connectivity index (χ1n) is 4.29. The summed E-state index contributed by atoms with van der Waals surface area (Å²) in [5.74, 6) is -0.102. The molecule has 0 saturated heterocycles. The zero-order chi connectivity index (χ0) is 11.2. The van der Waals surface area contributed by atoms with Crippen LogP contribution in [0.25, 0.3) is 0 Å². The molecule has 0 aromatic heterocycles. The maximum atomic E-state index is 11.3. The second-order valence-electron chi connectivity index (χ2n) is 3.18. The zero-order valence-electron chi connectivity index (χ0n) is 8.10. The Morgan fingerprint density at radius 2 is 1.57 bits per heavy atom. The fourth-order valence-corrected chi connectivity index (χ4v) is 2.39. The van der Waals surface area contributed by atoms with Crippen LogP contribution in [0, 0.1) is 0 Å². The van der Waals surface area contributed by atoms with Crippen LogP contribution in [0.3, 0.4) is 0 Å². The van der Waals surface area contributed by atoms with Gasteiger partial charge in [0.2, 0.25) is 10.0 Å². The van der Waals surface area contributed by atoms with E-state index in [0.717, 1.165) is 0 Å². The summed E-state index contributed by atoms with van der Waals surface area (Å²) in [6.07, 6.45) is 0.424. The molecule has 0 aromatic rings. The monoisotopic (exact) mass is 227 g/mol. The van der Waals surface area contributed by atoms with Crippen LogP contribution in [0.4, 0.5) is 0 Å². The lowest BCUT2D eigenvalue weighted by Gasteiger charge is -2.28. The van der Waals surface area contributed by atoms with Crippen LogP contribution in [0.5, 0.6) is 0 Å². The Morgan fingerprint density at radius 1 is 1.14 bits per heavy atom. The van der Waals surface area contributed by atoms with E-state index < -0.39 is 35.4 Å². The molecule has 0 amide bonds. The van der Waals surface area contributed by atoms with Gasteiger partial charge in [-0.15, -0.1) is 0 Å². The summed E-state index contributed by atoms with van der Waals surface area (Å²) in [5.41, 5.74) is -1.56. The van der Waals surface area contributed by atoms with Crippen molar-refractivity contribution in [1.82, 2.24) is 4.72 Å². The predicted octanol–water partition coefficient (Wildman–Crippen LogP) is -1.97. The van der Waals surface area contributed by atoms with Gasteiger partial charge < -0.3 is 15.3 Å². The van der Waals surface area contributed by atoms with Gasteiger partial charge in [-0.2, -0.15) is 0 Å². The summed E-state index contributed by atoms with van der Waals surface area (Å²) in [5, 5.41) is 26.6. The normalized spacial score (nSPS) is 13.1. The summed E-state index contributed by atoms with van der Waals surface area (Å²) in [4.78, 5) is 0.